The fourth-order valence-corrected chi connectivity index (χ4v) is 1.79. The fourth-order valence-electron chi connectivity index (χ4n) is 1.21. The van der Waals surface area contributed by atoms with Crippen LogP contribution in [0.2, 0.25) is 0 Å². The van der Waals surface area contributed by atoms with Crippen LogP contribution in [0.25, 0.3) is 0 Å². The number of hydrogen-bond donors (Lipinski definition) is 0. The Bertz CT molecular complexity index is 477. The number of hydrogen-bond acceptors (Lipinski definition) is 4. The molecule has 0 spiro atoms. The minimum Gasteiger partial charge on any atom is -0.469 e. The summed E-state index contributed by atoms with van der Waals surface area (Å²) in [4.78, 5) is 21.9. The molecule has 5 heteroatoms. The zero-order chi connectivity index (χ0) is 12.1. The van der Waals surface area contributed by atoms with Gasteiger partial charge in [0.25, 0.3) is 0 Å². The van der Waals surface area contributed by atoms with Crippen molar-refractivity contribution in [1.82, 2.24) is 0 Å². The third-order valence-corrected chi connectivity index (χ3v) is 3.00. The molecular formula is C11H8BrNO3. The van der Waals surface area contributed by atoms with Crippen molar-refractivity contribution in [3.05, 3.63) is 33.3 Å². The van der Waals surface area contributed by atoms with Gasteiger partial charge in [0, 0.05) is 10.0 Å². The molecule has 0 fully saturated rings. The molecule has 0 saturated carbocycles. The molecule has 0 atom stereocenters. The van der Waals surface area contributed by atoms with Crippen LogP contribution < -0.4 is 0 Å². The van der Waals surface area contributed by atoms with Crippen LogP contribution in [0, 0.1) is 11.3 Å². The Balaban J connectivity index is 3.20. The van der Waals surface area contributed by atoms with Crippen molar-refractivity contribution in [2.24, 2.45) is 0 Å². The van der Waals surface area contributed by atoms with Gasteiger partial charge in [-0.3, -0.25) is 9.59 Å². The maximum Gasteiger partial charge on any atom is 0.310 e. The van der Waals surface area contributed by atoms with E-state index < -0.39 is 5.97 Å². The van der Waals surface area contributed by atoms with Crippen LogP contribution in [0.3, 0.4) is 0 Å². The van der Waals surface area contributed by atoms with E-state index in [0.717, 1.165) is 0 Å². The largest absolute Gasteiger partial charge is 0.469 e. The van der Waals surface area contributed by atoms with Crippen LogP contribution in [0.4, 0.5) is 0 Å². The van der Waals surface area contributed by atoms with E-state index in [4.69, 9.17) is 5.26 Å². The molecule has 0 aromatic heterocycles. The lowest BCUT2D eigenvalue weighted by Crippen LogP contribution is -2.06. The van der Waals surface area contributed by atoms with E-state index in [1.807, 2.05) is 6.07 Å². The zero-order valence-electron chi connectivity index (χ0n) is 8.49. The van der Waals surface area contributed by atoms with E-state index >= 15 is 0 Å². The van der Waals surface area contributed by atoms with Gasteiger partial charge in [-0.2, -0.15) is 5.26 Å². The highest BCUT2D eigenvalue weighted by molar-refractivity contribution is 9.10. The minimum atomic E-state index is -0.401. The van der Waals surface area contributed by atoms with E-state index in [1.54, 1.807) is 6.07 Å². The first-order valence-corrected chi connectivity index (χ1v) is 5.16. The average molecular weight is 282 g/mol. The Labute approximate surface area is 101 Å². The van der Waals surface area contributed by atoms with Gasteiger partial charge in [-0.05, 0) is 27.6 Å². The van der Waals surface area contributed by atoms with Crippen molar-refractivity contribution in [1.29, 1.82) is 5.26 Å². The topological polar surface area (TPSA) is 67.2 Å². The van der Waals surface area contributed by atoms with Crippen LogP contribution in [0.5, 0.6) is 0 Å². The summed E-state index contributed by atoms with van der Waals surface area (Å²) in [6.45, 7) is 0. The molecule has 0 radical (unpaired) electrons. The van der Waals surface area contributed by atoms with Gasteiger partial charge in [0.1, 0.15) is 0 Å². The van der Waals surface area contributed by atoms with E-state index in [0.29, 0.717) is 16.3 Å². The van der Waals surface area contributed by atoms with Crippen molar-refractivity contribution in [2.75, 3.05) is 7.11 Å². The van der Waals surface area contributed by atoms with Crippen LogP contribution >= 0.6 is 15.9 Å². The molecule has 1 aromatic rings. The van der Waals surface area contributed by atoms with E-state index in [-0.39, 0.29) is 17.5 Å². The highest BCUT2D eigenvalue weighted by atomic mass is 79.9. The molecule has 1 rings (SSSR count). The Hall–Kier alpha value is -1.67. The number of nitriles is 1. The first-order chi connectivity index (χ1) is 7.63. The van der Waals surface area contributed by atoms with Gasteiger partial charge in [0.2, 0.25) is 0 Å². The number of methoxy groups -OCH3 is 1. The highest BCUT2D eigenvalue weighted by Crippen LogP contribution is 2.24. The van der Waals surface area contributed by atoms with Crippen LogP contribution in [0.1, 0.15) is 21.5 Å². The Morgan fingerprint density at radius 3 is 2.81 bits per heavy atom. The van der Waals surface area contributed by atoms with Gasteiger partial charge in [-0.1, -0.05) is 6.07 Å². The first-order valence-electron chi connectivity index (χ1n) is 4.37. The monoisotopic (exact) mass is 281 g/mol. The van der Waals surface area contributed by atoms with Gasteiger partial charge >= 0.3 is 5.97 Å². The van der Waals surface area contributed by atoms with Crippen LogP contribution in [-0.4, -0.2) is 19.4 Å². The predicted molar refractivity (Wildman–Crippen MR) is 60.0 cm³/mol. The molecule has 0 aliphatic rings. The molecule has 16 heavy (non-hydrogen) atoms. The second-order valence-electron chi connectivity index (χ2n) is 2.98. The van der Waals surface area contributed by atoms with Gasteiger partial charge < -0.3 is 4.74 Å². The minimum absolute atomic E-state index is 0.0592. The summed E-state index contributed by atoms with van der Waals surface area (Å²) in [7, 11) is 1.29. The van der Waals surface area contributed by atoms with Gasteiger partial charge in [-0.25, -0.2) is 0 Å². The zero-order valence-corrected chi connectivity index (χ0v) is 10.1. The van der Waals surface area contributed by atoms with E-state index in [1.165, 1.54) is 13.2 Å². The summed E-state index contributed by atoms with van der Waals surface area (Å²) < 4.78 is 4.99. The van der Waals surface area contributed by atoms with Gasteiger partial charge in [0.15, 0.2) is 6.29 Å². The molecule has 0 heterocycles. The SMILES string of the molecule is COC(=O)Cc1ccc(C#N)c(C=O)c1Br. The molecule has 0 N–H and O–H groups in total. The quantitative estimate of drug-likeness (QED) is 0.626. The van der Waals surface area contributed by atoms with Crippen molar-refractivity contribution < 1.29 is 14.3 Å². The molecule has 0 aliphatic heterocycles. The molecule has 0 amide bonds. The molecule has 0 saturated heterocycles. The molecule has 1 aromatic carbocycles. The third kappa shape index (κ3) is 2.47. The smallest absolute Gasteiger partial charge is 0.310 e. The van der Waals surface area contributed by atoms with E-state index in [9.17, 15) is 9.59 Å². The Morgan fingerprint density at radius 1 is 1.62 bits per heavy atom. The van der Waals surface area contributed by atoms with Crippen LogP contribution in [-0.2, 0) is 16.0 Å². The Morgan fingerprint density at radius 2 is 2.31 bits per heavy atom. The average Bonchev–Trinajstić information content (AvgIpc) is 2.31. The summed E-state index contributed by atoms with van der Waals surface area (Å²) in [6, 6.07) is 5.03. The number of carbonyl (C=O) groups is 2. The first kappa shape index (κ1) is 12.4. The number of ether oxygens (including phenoxy) is 1. The summed E-state index contributed by atoms with van der Waals surface area (Å²) >= 11 is 3.20. The Kier molecular flexibility index (Phi) is 4.20. The lowest BCUT2D eigenvalue weighted by atomic mass is 10.0. The van der Waals surface area contributed by atoms with Crippen LogP contribution in [0.15, 0.2) is 16.6 Å². The van der Waals surface area contributed by atoms with Crippen molar-refractivity contribution in [3.8, 4) is 6.07 Å². The summed E-state index contributed by atoms with van der Waals surface area (Å²) in [5.41, 5.74) is 1.15. The molecule has 0 aliphatic carbocycles. The molecule has 0 unspecified atom stereocenters. The number of aldehydes is 1. The number of esters is 1. The third-order valence-electron chi connectivity index (χ3n) is 2.06. The normalized spacial score (nSPS) is 9.31. The standard InChI is InChI=1S/C11H8BrNO3/c1-16-10(15)4-7-2-3-8(5-13)9(6-14)11(7)12/h2-3,6H,4H2,1H3. The maximum absolute atomic E-state index is 11.1. The lowest BCUT2D eigenvalue weighted by molar-refractivity contribution is -0.139. The number of rotatable bonds is 3. The summed E-state index contributed by atoms with van der Waals surface area (Å²) in [5.74, 6) is -0.401. The maximum atomic E-state index is 11.1. The lowest BCUT2D eigenvalue weighted by Gasteiger charge is -2.06. The second kappa shape index (κ2) is 5.42. The highest BCUT2D eigenvalue weighted by Gasteiger charge is 2.13. The number of benzene rings is 1. The van der Waals surface area contributed by atoms with Gasteiger partial charge in [0.05, 0.1) is 25.2 Å². The number of nitrogens with zero attached hydrogens (tertiary/aromatic N) is 1. The fraction of sp³-hybridized carbons (Fsp3) is 0.182. The second-order valence-corrected chi connectivity index (χ2v) is 3.78. The predicted octanol–water partition coefficient (Wildman–Crippen LogP) is 1.85. The van der Waals surface area contributed by atoms with Gasteiger partial charge in [-0.15, -0.1) is 0 Å². The van der Waals surface area contributed by atoms with Crippen molar-refractivity contribution >= 4 is 28.2 Å². The number of halogens is 1. The number of carbonyl (C=O) groups excluding carboxylic acids is 2. The van der Waals surface area contributed by atoms with Crippen molar-refractivity contribution in [3.63, 3.8) is 0 Å². The summed E-state index contributed by atoms with van der Waals surface area (Å²) in [6.07, 6.45) is 0.646. The van der Waals surface area contributed by atoms with Crippen molar-refractivity contribution in [2.45, 2.75) is 6.42 Å². The molecule has 0 bridgehead atoms. The summed E-state index contributed by atoms with van der Waals surface area (Å²) in [5, 5.41) is 8.77. The molecule has 82 valence electrons. The molecule has 4 nitrogen and oxygen atoms in total. The van der Waals surface area contributed by atoms with E-state index in [2.05, 4.69) is 20.7 Å². The molecular weight excluding hydrogens is 274 g/mol.